The molecule has 0 aromatic heterocycles. The Kier molecular flexibility index (Phi) is 4.43. The fraction of sp³-hybridized carbons (Fsp3) is 0.647. The number of hydrogen-bond donors (Lipinski definition) is 0. The normalized spacial score (nSPS) is 21.4. The maximum absolute atomic E-state index is 5.31. The second-order valence-electron chi connectivity index (χ2n) is 5.98. The van der Waals surface area contributed by atoms with Crippen LogP contribution >= 0.6 is 7.92 Å². The van der Waals surface area contributed by atoms with Crippen molar-refractivity contribution in [1.82, 2.24) is 0 Å². The number of benzene rings is 1. The van der Waals surface area contributed by atoms with E-state index >= 15 is 0 Å². The third kappa shape index (κ3) is 2.97. The van der Waals surface area contributed by atoms with E-state index in [4.69, 9.17) is 4.74 Å². The zero-order valence-corrected chi connectivity index (χ0v) is 12.9. The van der Waals surface area contributed by atoms with Crippen molar-refractivity contribution in [1.29, 1.82) is 0 Å². The van der Waals surface area contributed by atoms with Gasteiger partial charge in [0.15, 0.2) is 0 Å². The van der Waals surface area contributed by atoms with E-state index in [0.717, 1.165) is 17.1 Å². The minimum Gasteiger partial charge on any atom is -0.497 e. The molecule has 0 bridgehead atoms. The van der Waals surface area contributed by atoms with Gasteiger partial charge < -0.3 is 4.74 Å². The summed E-state index contributed by atoms with van der Waals surface area (Å²) in [6, 6.07) is 9.02. The Bertz CT molecular complexity index is 372. The van der Waals surface area contributed by atoms with Crippen molar-refractivity contribution >= 4 is 13.2 Å². The van der Waals surface area contributed by atoms with E-state index in [0.29, 0.717) is 0 Å². The molecule has 0 spiro atoms. The van der Waals surface area contributed by atoms with Crippen LogP contribution in [0.4, 0.5) is 0 Å². The zero-order valence-electron chi connectivity index (χ0n) is 12.0. The monoisotopic (exact) mass is 276 g/mol. The fourth-order valence-electron chi connectivity index (χ4n) is 3.84. The molecule has 2 heteroatoms. The van der Waals surface area contributed by atoms with Crippen LogP contribution in [0.3, 0.4) is 0 Å². The molecule has 0 N–H and O–H groups in total. The Morgan fingerprint density at radius 3 is 1.74 bits per heavy atom. The molecule has 0 unspecified atom stereocenters. The highest BCUT2D eigenvalue weighted by Crippen LogP contribution is 2.56. The molecular formula is C17H25OP. The van der Waals surface area contributed by atoms with Crippen molar-refractivity contribution in [2.24, 2.45) is 0 Å². The first-order chi connectivity index (χ1) is 9.38. The van der Waals surface area contributed by atoms with Crippen molar-refractivity contribution in [3.63, 3.8) is 0 Å². The van der Waals surface area contributed by atoms with Gasteiger partial charge in [0.05, 0.1) is 7.11 Å². The summed E-state index contributed by atoms with van der Waals surface area (Å²) in [5, 5.41) is 1.63. The molecule has 2 fully saturated rings. The van der Waals surface area contributed by atoms with Crippen LogP contribution in [0.1, 0.15) is 51.4 Å². The summed E-state index contributed by atoms with van der Waals surface area (Å²) in [4.78, 5) is 0. The van der Waals surface area contributed by atoms with Crippen LogP contribution in [-0.2, 0) is 0 Å². The van der Waals surface area contributed by atoms with Crippen LogP contribution < -0.4 is 10.0 Å². The molecule has 0 amide bonds. The summed E-state index contributed by atoms with van der Waals surface area (Å²) in [6.45, 7) is 0. The largest absolute Gasteiger partial charge is 0.497 e. The molecule has 104 valence electrons. The van der Waals surface area contributed by atoms with Gasteiger partial charge in [-0.25, -0.2) is 0 Å². The lowest BCUT2D eigenvalue weighted by Gasteiger charge is -2.30. The minimum absolute atomic E-state index is 0.0690. The van der Waals surface area contributed by atoms with Gasteiger partial charge in [0.25, 0.3) is 0 Å². The van der Waals surface area contributed by atoms with Crippen LogP contribution in [0.15, 0.2) is 24.3 Å². The van der Waals surface area contributed by atoms with Crippen LogP contribution in [0, 0.1) is 0 Å². The molecule has 3 rings (SSSR count). The molecule has 0 radical (unpaired) electrons. The van der Waals surface area contributed by atoms with E-state index in [9.17, 15) is 0 Å². The number of ether oxygens (including phenoxy) is 1. The molecule has 0 aliphatic heterocycles. The summed E-state index contributed by atoms with van der Waals surface area (Å²) in [5.74, 6) is 0.997. The molecule has 1 aromatic rings. The van der Waals surface area contributed by atoms with Gasteiger partial charge >= 0.3 is 0 Å². The molecule has 0 atom stereocenters. The number of rotatable bonds is 4. The van der Waals surface area contributed by atoms with E-state index < -0.39 is 0 Å². The van der Waals surface area contributed by atoms with E-state index in [1.54, 1.807) is 12.4 Å². The average Bonchev–Trinajstić information content (AvgIpc) is 3.13. The summed E-state index contributed by atoms with van der Waals surface area (Å²) < 4.78 is 5.31. The van der Waals surface area contributed by atoms with Crippen molar-refractivity contribution in [3.8, 4) is 5.75 Å². The average molecular weight is 276 g/mol. The van der Waals surface area contributed by atoms with Crippen LogP contribution in [0.25, 0.3) is 0 Å². The maximum atomic E-state index is 5.31. The molecule has 1 nitrogen and oxygen atoms in total. The van der Waals surface area contributed by atoms with E-state index in [2.05, 4.69) is 24.3 Å². The molecule has 19 heavy (non-hydrogen) atoms. The topological polar surface area (TPSA) is 9.23 Å². The van der Waals surface area contributed by atoms with Gasteiger partial charge in [-0.1, -0.05) is 45.7 Å². The third-order valence-electron chi connectivity index (χ3n) is 4.81. The van der Waals surface area contributed by atoms with Gasteiger partial charge in [-0.3, -0.25) is 0 Å². The first-order valence-corrected chi connectivity index (χ1v) is 9.29. The van der Waals surface area contributed by atoms with Crippen LogP contribution in [0.5, 0.6) is 5.75 Å². The van der Waals surface area contributed by atoms with Gasteiger partial charge in [-0.05, 0) is 54.4 Å². The van der Waals surface area contributed by atoms with Gasteiger partial charge in [0, 0.05) is 0 Å². The third-order valence-corrected chi connectivity index (χ3v) is 8.31. The Morgan fingerprint density at radius 1 is 0.842 bits per heavy atom. The molecule has 2 aliphatic carbocycles. The maximum Gasteiger partial charge on any atom is 0.118 e. The second-order valence-corrected chi connectivity index (χ2v) is 8.77. The van der Waals surface area contributed by atoms with E-state index in [1.807, 2.05) is 0 Å². The van der Waals surface area contributed by atoms with Crippen molar-refractivity contribution in [3.05, 3.63) is 24.3 Å². The Hall–Kier alpha value is -0.550. The first-order valence-electron chi connectivity index (χ1n) is 7.81. The van der Waals surface area contributed by atoms with Gasteiger partial charge in [0.1, 0.15) is 5.75 Å². The summed E-state index contributed by atoms with van der Waals surface area (Å²) in [6.07, 6.45) is 11.8. The minimum atomic E-state index is 0.0690. The highest BCUT2D eigenvalue weighted by Gasteiger charge is 2.33. The SMILES string of the molecule is COc1ccc(P(C2CCCC2)C2CCCC2)cc1. The van der Waals surface area contributed by atoms with Crippen molar-refractivity contribution < 1.29 is 4.74 Å². The Morgan fingerprint density at radius 2 is 1.32 bits per heavy atom. The Balaban J connectivity index is 1.83. The molecule has 0 heterocycles. The fourth-order valence-corrected chi connectivity index (χ4v) is 7.61. The molecule has 2 saturated carbocycles. The van der Waals surface area contributed by atoms with Crippen molar-refractivity contribution in [2.75, 3.05) is 7.11 Å². The molecule has 1 aromatic carbocycles. The standard InChI is InChI=1S/C17H25OP/c1-18-14-10-12-17(13-11-14)19(15-6-2-3-7-15)16-8-4-5-9-16/h10-13,15-16H,2-9H2,1H3. The summed E-state index contributed by atoms with van der Waals surface area (Å²) >= 11 is 0. The molecular weight excluding hydrogens is 251 g/mol. The van der Waals surface area contributed by atoms with E-state index in [-0.39, 0.29) is 7.92 Å². The lowest BCUT2D eigenvalue weighted by Crippen LogP contribution is -2.19. The predicted octanol–water partition coefficient (Wildman–Crippen LogP) is 4.69. The second kappa shape index (κ2) is 6.27. The van der Waals surface area contributed by atoms with Crippen LogP contribution in [0.2, 0.25) is 0 Å². The Labute approximate surface area is 118 Å². The lowest BCUT2D eigenvalue weighted by molar-refractivity contribution is 0.415. The predicted molar refractivity (Wildman–Crippen MR) is 84.1 cm³/mol. The molecule has 2 aliphatic rings. The first kappa shape index (κ1) is 13.4. The van der Waals surface area contributed by atoms with Crippen molar-refractivity contribution in [2.45, 2.75) is 62.7 Å². The van der Waals surface area contributed by atoms with Gasteiger partial charge in [0.2, 0.25) is 0 Å². The highest BCUT2D eigenvalue weighted by atomic mass is 31.1. The quantitative estimate of drug-likeness (QED) is 0.725. The zero-order chi connectivity index (χ0) is 13.1. The number of methoxy groups -OCH3 is 1. The highest BCUT2D eigenvalue weighted by molar-refractivity contribution is 7.67. The summed E-state index contributed by atoms with van der Waals surface area (Å²) in [5.41, 5.74) is 2.01. The molecule has 0 saturated heterocycles. The lowest BCUT2D eigenvalue weighted by atomic mass is 10.3. The van der Waals surface area contributed by atoms with Crippen LogP contribution in [-0.4, -0.2) is 18.4 Å². The number of hydrogen-bond acceptors (Lipinski definition) is 1. The van der Waals surface area contributed by atoms with Gasteiger partial charge in [-0.15, -0.1) is 0 Å². The summed E-state index contributed by atoms with van der Waals surface area (Å²) in [7, 11) is 1.82. The smallest absolute Gasteiger partial charge is 0.118 e. The van der Waals surface area contributed by atoms with Gasteiger partial charge in [-0.2, -0.15) is 0 Å². The van der Waals surface area contributed by atoms with E-state index in [1.165, 1.54) is 51.4 Å².